The first-order valence-corrected chi connectivity index (χ1v) is 10.6. The summed E-state index contributed by atoms with van der Waals surface area (Å²) in [4.78, 5) is 2.17. The molecule has 0 aliphatic heterocycles. The molecule has 0 saturated carbocycles. The standard InChI is InChI=1S/C23H33ClN2O3/c1-4-26(5-2)16-21(27)17-29-22-11-8-19(14-23(22)28-3)15-25-13-12-18-6-9-20(24)10-7-18/h6-11,14,21,25,27H,4-5,12-13,15-17H2,1-3H3. The number of halogens is 1. The minimum atomic E-state index is -0.534. The number of aliphatic hydroxyl groups is 1. The summed E-state index contributed by atoms with van der Waals surface area (Å²) < 4.78 is 11.3. The first kappa shape index (κ1) is 23.5. The smallest absolute Gasteiger partial charge is 0.161 e. The van der Waals surface area contributed by atoms with Crippen LogP contribution in [0.3, 0.4) is 0 Å². The molecule has 0 fully saturated rings. The number of ether oxygens (including phenoxy) is 2. The summed E-state index contributed by atoms with van der Waals surface area (Å²) in [6, 6.07) is 13.8. The van der Waals surface area contributed by atoms with Crippen LogP contribution < -0.4 is 14.8 Å². The van der Waals surface area contributed by atoms with Gasteiger partial charge in [-0.15, -0.1) is 0 Å². The molecular weight excluding hydrogens is 388 g/mol. The average Bonchev–Trinajstić information content (AvgIpc) is 2.75. The lowest BCUT2D eigenvalue weighted by molar-refractivity contribution is 0.0705. The van der Waals surface area contributed by atoms with Gasteiger partial charge in [-0.2, -0.15) is 0 Å². The molecule has 2 aromatic rings. The SMILES string of the molecule is CCN(CC)CC(O)COc1ccc(CNCCc2ccc(Cl)cc2)cc1OC. The monoisotopic (exact) mass is 420 g/mol. The van der Waals surface area contributed by atoms with Gasteiger partial charge in [0.05, 0.1) is 7.11 Å². The number of hydrogen-bond donors (Lipinski definition) is 2. The predicted molar refractivity (Wildman–Crippen MR) is 119 cm³/mol. The Hall–Kier alpha value is -1.79. The van der Waals surface area contributed by atoms with Gasteiger partial charge in [0, 0.05) is 18.1 Å². The molecule has 0 spiro atoms. The molecule has 0 aromatic heterocycles. The van der Waals surface area contributed by atoms with Crippen LogP contribution in [-0.4, -0.2) is 56.0 Å². The first-order valence-electron chi connectivity index (χ1n) is 10.2. The van der Waals surface area contributed by atoms with Crippen LogP contribution in [0.4, 0.5) is 0 Å². The van der Waals surface area contributed by atoms with E-state index in [9.17, 15) is 5.11 Å². The van der Waals surface area contributed by atoms with Gasteiger partial charge in [0.2, 0.25) is 0 Å². The van der Waals surface area contributed by atoms with Gasteiger partial charge in [-0.25, -0.2) is 0 Å². The van der Waals surface area contributed by atoms with E-state index >= 15 is 0 Å². The van der Waals surface area contributed by atoms with Gasteiger partial charge in [-0.05, 0) is 61.4 Å². The quantitative estimate of drug-likeness (QED) is 0.483. The van der Waals surface area contributed by atoms with Crippen LogP contribution in [0.2, 0.25) is 5.02 Å². The van der Waals surface area contributed by atoms with E-state index in [1.165, 1.54) is 5.56 Å². The number of nitrogens with one attached hydrogen (secondary N) is 1. The van der Waals surface area contributed by atoms with Crippen molar-refractivity contribution < 1.29 is 14.6 Å². The molecule has 0 amide bonds. The molecule has 0 bridgehead atoms. The van der Waals surface area contributed by atoms with Crippen LogP contribution in [0.15, 0.2) is 42.5 Å². The fraction of sp³-hybridized carbons (Fsp3) is 0.478. The molecule has 1 unspecified atom stereocenters. The van der Waals surface area contributed by atoms with Crippen molar-refractivity contribution in [3.05, 3.63) is 58.6 Å². The first-order chi connectivity index (χ1) is 14.0. The van der Waals surface area contributed by atoms with Crippen molar-refractivity contribution in [3.63, 3.8) is 0 Å². The summed E-state index contributed by atoms with van der Waals surface area (Å²) in [5.41, 5.74) is 2.38. The third-order valence-electron chi connectivity index (χ3n) is 4.86. The van der Waals surface area contributed by atoms with Gasteiger partial charge in [0.1, 0.15) is 12.7 Å². The van der Waals surface area contributed by atoms with E-state index in [0.717, 1.165) is 43.2 Å². The van der Waals surface area contributed by atoms with Crippen LogP contribution in [0.1, 0.15) is 25.0 Å². The van der Waals surface area contributed by atoms with Gasteiger partial charge in [0.15, 0.2) is 11.5 Å². The summed E-state index contributed by atoms with van der Waals surface area (Å²) in [5.74, 6) is 1.33. The highest BCUT2D eigenvalue weighted by Crippen LogP contribution is 2.28. The highest BCUT2D eigenvalue weighted by atomic mass is 35.5. The van der Waals surface area contributed by atoms with Crippen molar-refractivity contribution in [2.24, 2.45) is 0 Å². The number of benzene rings is 2. The van der Waals surface area contributed by atoms with Crippen LogP contribution in [0.25, 0.3) is 0 Å². The molecule has 29 heavy (non-hydrogen) atoms. The number of likely N-dealkylation sites (N-methyl/N-ethyl adjacent to an activating group) is 1. The van der Waals surface area contributed by atoms with Crippen molar-refractivity contribution in [2.75, 3.05) is 39.9 Å². The second kappa shape index (κ2) is 12.7. The number of nitrogens with zero attached hydrogens (tertiary/aromatic N) is 1. The Morgan fingerprint density at radius 3 is 2.38 bits per heavy atom. The zero-order chi connectivity index (χ0) is 21.1. The molecule has 0 saturated heterocycles. The Balaban J connectivity index is 1.80. The third kappa shape index (κ3) is 8.23. The molecule has 1 atom stereocenters. The van der Waals surface area contributed by atoms with Crippen molar-refractivity contribution >= 4 is 11.6 Å². The Morgan fingerprint density at radius 2 is 1.72 bits per heavy atom. The number of aliphatic hydroxyl groups excluding tert-OH is 1. The largest absolute Gasteiger partial charge is 0.493 e. The van der Waals surface area contributed by atoms with Crippen molar-refractivity contribution in [3.8, 4) is 11.5 Å². The second-order valence-electron chi connectivity index (χ2n) is 6.99. The maximum Gasteiger partial charge on any atom is 0.161 e. The Bertz CT molecular complexity index is 721. The maximum atomic E-state index is 10.2. The lowest BCUT2D eigenvalue weighted by Crippen LogP contribution is -2.35. The van der Waals surface area contributed by atoms with Gasteiger partial charge in [-0.3, -0.25) is 0 Å². The van der Waals surface area contributed by atoms with Gasteiger partial charge in [-0.1, -0.05) is 43.6 Å². The molecule has 2 N–H and O–H groups in total. The zero-order valence-electron chi connectivity index (χ0n) is 17.7. The molecule has 0 heterocycles. The Kier molecular flexibility index (Phi) is 10.3. The Morgan fingerprint density at radius 1 is 1.03 bits per heavy atom. The fourth-order valence-electron chi connectivity index (χ4n) is 3.08. The number of rotatable bonds is 13. The van der Waals surface area contributed by atoms with Gasteiger partial charge < -0.3 is 24.8 Å². The summed E-state index contributed by atoms with van der Waals surface area (Å²) in [6.45, 7) is 8.46. The van der Waals surface area contributed by atoms with E-state index in [4.69, 9.17) is 21.1 Å². The lowest BCUT2D eigenvalue weighted by Gasteiger charge is -2.22. The summed E-state index contributed by atoms with van der Waals surface area (Å²) >= 11 is 5.92. The molecular formula is C23H33ClN2O3. The minimum Gasteiger partial charge on any atom is -0.493 e. The number of hydrogen-bond acceptors (Lipinski definition) is 5. The molecule has 2 aromatic carbocycles. The van der Waals surface area contributed by atoms with E-state index < -0.39 is 6.10 Å². The van der Waals surface area contributed by atoms with E-state index in [0.29, 0.717) is 18.0 Å². The minimum absolute atomic E-state index is 0.242. The van der Waals surface area contributed by atoms with Crippen molar-refractivity contribution in [1.29, 1.82) is 0 Å². The van der Waals surface area contributed by atoms with Crippen LogP contribution >= 0.6 is 11.6 Å². The van der Waals surface area contributed by atoms with Crippen molar-refractivity contribution in [2.45, 2.75) is 32.9 Å². The lowest BCUT2D eigenvalue weighted by atomic mass is 10.1. The normalized spacial score (nSPS) is 12.2. The molecule has 6 heteroatoms. The summed E-state index contributed by atoms with van der Waals surface area (Å²) in [7, 11) is 1.63. The van der Waals surface area contributed by atoms with Gasteiger partial charge in [0.25, 0.3) is 0 Å². The molecule has 160 valence electrons. The highest BCUT2D eigenvalue weighted by Gasteiger charge is 2.12. The molecule has 0 aliphatic rings. The Labute approximate surface area is 179 Å². The van der Waals surface area contributed by atoms with Crippen LogP contribution in [-0.2, 0) is 13.0 Å². The topological polar surface area (TPSA) is 54.0 Å². The van der Waals surface area contributed by atoms with Crippen LogP contribution in [0, 0.1) is 0 Å². The average molecular weight is 421 g/mol. The molecule has 5 nitrogen and oxygen atoms in total. The predicted octanol–water partition coefficient (Wildman–Crippen LogP) is 3.76. The summed E-state index contributed by atoms with van der Waals surface area (Å²) in [5, 5.41) is 14.4. The van der Waals surface area contributed by atoms with E-state index in [1.807, 2.05) is 42.5 Å². The van der Waals surface area contributed by atoms with E-state index in [1.54, 1.807) is 7.11 Å². The highest BCUT2D eigenvalue weighted by molar-refractivity contribution is 6.30. The number of methoxy groups -OCH3 is 1. The van der Waals surface area contributed by atoms with E-state index in [-0.39, 0.29) is 6.61 Å². The third-order valence-corrected chi connectivity index (χ3v) is 5.11. The van der Waals surface area contributed by atoms with Crippen LogP contribution in [0.5, 0.6) is 11.5 Å². The van der Waals surface area contributed by atoms with E-state index in [2.05, 4.69) is 24.1 Å². The molecule has 0 radical (unpaired) electrons. The van der Waals surface area contributed by atoms with Crippen molar-refractivity contribution in [1.82, 2.24) is 10.2 Å². The molecule has 0 aliphatic carbocycles. The fourth-order valence-corrected chi connectivity index (χ4v) is 3.20. The van der Waals surface area contributed by atoms with Gasteiger partial charge >= 0.3 is 0 Å². The summed E-state index contributed by atoms with van der Waals surface area (Å²) in [6.07, 6.45) is 0.411. The molecule has 2 rings (SSSR count). The second-order valence-corrected chi connectivity index (χ2v) is 7.43. The maximum absolute atomic E-state index is 10.2. The zero-order valence-corrected chi connectivity index (χ0v) is 18.4.